The van der Waals surface area contributed by atoms with Crippen molar-refractivity contribution in [1.82, 2.24) is 4.90 Å². The van der Waals surface area contributed by atoms with Crippen LogP contribution in [0.3, 0.4) is 0 Å². The zero-order chi connectivity index (χ0) is 8.81. The van der Waals surface area contributed by atoms with Crippen molar-refractivity contribution in [1.29, 1.82) is 0 Å². The van der Waals surface area contributed by atoms with Gasteiger partial charge in [0.1, 0.15) is 0 Å². The van der Waals surface area contributed by atoms with Crippen LogP contribution >= 0.6 is 0 Å². The summed E-state index contributed by atoms with van der Waals surface area (Å²) in [6.45, 7) is 8.30. The normalized spacial score (nSPS) is 20.2. The van der Waals surface area contributed by atoms with Crippen LogP contribution in [-0.4, -0.2) is 24.5 Å². The molecule has 0 aromatic heterocycles. The lowest BCUT2D eigenvalue weighted by Crippen LogP contribution is -2.30. The molecule has 1 saturated carbocycles. The van der Waals surface area contributed by atoms with Gasteiger partial charge in [0.2, 0.25) is 0 Å². The van der Waals surface area contributed by atoms with Gasteiger partial charge >= 0.3 is 0 Å². The Bertz CT molecular complexity index is 102. The van der Waals surface area contributed by atoms with Gasteiger partial charge in [-0.05, 0) is 51.1 Å². The SMILES string of the molecule is CCN(CC)CC1CC[CH]CC1. The predicted octanol–water partition coefficient (Wildman–Crippen LogP) is 2.72. The Morgan fingerprint density at radius 1 is 1.17 bits per heavy atom. The lowest BCUT2D eigenvalue weighted by atomic mass is 9.89. The summed E-state index contributed by atoms with van der Waals surface area (Å²) in [6.07, 6.45) is 8.00. The molecular weight excluding hydrogens is 146 g/mol. The summed E-state index contributed by atoms with van der Waals surface area (Å²) in [7, 11) is 0. The Morgan fingerprint density at radius 2 is 1.75 bits per heavy atom. The van der Waals surface area contributed by atoms with E-state index in [9.17, 15) is 0 Å². The maximum atomic E-state index is 2.55. The largest absolute Gasteiger partial charge is 0.304 e. The van der Waals surface area contributed by atoms with Crippen molar-refractivity contribution in [3.8, 4) is 0 Å². The number of rotatable bonds is 4. The van der Waals surface area contributed by atoms with Crippen LogP contribution in [0, 0.1) is 12.3 Å². The Morgan fingerprint density at radius 3 is 2.25 bits per heavy atom. The maximum absolute atomic E-state index is 2.55. The maximum Gasteiger partial charge on any atom is 0.000943 e. The van der Waals surface area contributed by atoms with E-state index in [0.29, 0.717) is 0 Å². The van der Waals surface area contributed by atoms with Crippen molar-refractivity contribution in [3.05, 3.63) is 6.42 Å². The van der Waals surface area contributed by atoms with E-state index >= 15 is 0 Å². The topological polar surface area (TPSA) is 3.24 Å². The minimum Gasteiger partial charge on any atom is -0.304 e. The smallest absolute Gasteiger partial charge is 0.000943 e. The molecular formula is C11H22N. The summed E-state index contributed by atoms with van der Waals surface area (Å²) < 4.78 is 0. The molecule has 0 saturated heterocycles. The second-order valence-electron chi connectivity index (χ2n) is 3.80. The molecule has 1 fully saturated rings. The third kappa shape index (κ3) is 3.14. The van der Waals surface area contributed by atoms with Gasteiger partial charge in [0, 0.05) is 6.54 Å². The van der Waals surface area contributed by atoms with Crippen LogP contribution in [0.2, 0.25) is 0 Å². The van der Waals surface area contributed by atoms with Gasteiger partial charge in [-0.2, -0.15) is 0 Å². The molecule has 1 heteroatoms. The van der Waals surface area contributed by atoms with E-state index in [2.05, 4.69) is 25.2 Å². The molecule has 71 valence electrons. The highest BCUT2D eigenvalue weighted by Crippen LogP contribution is 2.23. The lowest BCUT2D eigenvalue weighted by molar-refractivity contribution is 0.227. The molecule has 0 unspecified atom stereocenters. The first-order chi connectivity index (χ1) is 5.86. The van der Waals surface area contributed by atoms with Crippen molar-refractivity contribution in [2.75, 3.05) is 19.6 Å². The van der Waals surface area contributed by atoms with Crippen molar-refractivity contribution in [2.45, 2.75) is 39.5 Å². The van der Waals surface area contributed by atoms with E-state index in [1.54, 1.807) is 0 Å². The fourth-order valence-corrected chi connectivity index (χ4v) is 2.03. The second-order valence-corrected chi connectivity index (χ2v) is 3.80. The summed E-state index contributed by atoms with van der Waals surface area (Å²) in [4.78, 5) is 2.55. The highest BCUT2D eigenvalue weighted by atomic mass is 15.1. The minimum absolute atomic E-state index is 0.981. The average molecular weight is 168 g/mol. The van der Waals surface area contributed by atoms with E-state index in [1.165, 1.54) is 45.3 Å². The third-order valence-corrected chi connectivity index (χ3v) is 2.97. The molecule has 1 aliphatic rings. The van der Waals surface area contributed by atoms with Crippen LogP contribution in [0.5, 0.6) is 0 Å². The van der Waals surface area contributed by atoms with Gasteiger partial charge in [-0.1, -0.05) is 13.8 Å². The van der Waals surface area contributed by atoms with Gasteiger partial charge in [0.25, 0.3) is 0 Å². The van der Waals surface area contributed by atoms with Crippen molar-refractivity contribution >= 4 is 0 Å². The Labute approximate surface area is 77.1 Å². The summed E-state index contributed by atoms with van der Waals surface area (Å²) in [6, 6.07) is 0. The van der Waals surface area contributed by atoms with Gasteiger partial charge in [-0.25, -0.2) is 0 Å². The van der Waals surface area contributed by atoms with Crippen molar-refractivity contribution in [2.24, 2.45) is 5.92 Å². The predicted molar refractivity (Wildman–Crippen MR) is 54.0 cm³/mol. The van der Waals surface area contributed by atoms with Gasteiger partial charge in [-0.15, -0.1) is 0 Å². The standard InChI is InChI=1S/C11H22N/c1-3-12(4-2)10-11-8-6-5-7-9-11/h5,11H,3-4,6-10H2,1-2H3. The lowest BCUT2D eigenvalue weighted by Gasteiger charge is -2.27. The van der Waals surface area contributed by atoms with Gasteiger partial charge in [-0.3, -0.25) is 0 Å². The molecule has 0 heterocycles. The first kappa shape index (κ1) is 10.0. The number of nitrogens with zero attached hydrogens (tertiary/aromatic N) is 1. The number of hydrogen-bond acceptors (Lipinski definition) is 1. The van der Waals surface area contributed by atoms with E-state index in [1.807, 2.05) is 0 Å². The summed E-state index contributed by atoms with van der Waals surface area (Å²) in [5.41, 5.74) is 0. The van der Waals surface area contributed by atoms with E-state index in [0.717, 1.165) is 5.92 Å². The molecule has 1 rings (SSSR count). The van der Waals surface area contributed by atoms with E-state index < -0.39 is 0 Å². The highest BCUT2D eigenvalue weighted by Gasteiger charge is 2.15. The fourth-order valence-electron chi connectivity index (χ4n) is 2.03. The fraction of sp³-hybridized carbons (Fsp3) is 0.909. The highest BCUT2D eigenvalue weighted by molar-refractivity contribution is 4.78. The Balaban J connectivity index is 2.18. The monoisotopic (exact) mass is 168 g/mol. The zero-order valence-corrected chi connectivity index (χ0v) is 8.55. The van der Waals surface area contributed by atoms with E-state index in [-0.39, 0.29) is 0 Å². The molecule has 0 aromatic rings. The summed E-state index contributed by atoms with van der Waals surface area (Å²) >= 11 is 0. The van der Waals surface area contributed by atoms with Gasteiger partial charge in [0.15, 0.2) is 0 Å². The minimum atomic E-state index is 0.981. The van der Waals surface area contributed by atoms with E-state index in [4.69, 9.17) is 0 Å². The van der Waals surface area contributed by atoms with Crippen LogP contribution in [0.15, 0.2) is 0 Å². The van der Waals surface area contributed by atoms with Crippen LogP contribution in [0.4, 0.5) is 0 Å². The molecule has 0 N–H and O–H groups in total. The summed E-state index contributed by atoms with van der Waals surface area (Å²) in [5, 5.41) is 0. The first-order valence-corrected chi connectivity index (χ1v) is 5.40. The molecule has 0 aromatic carbocycles. The molecule has 0 amide bonds. The third-order valence-electron chi connectivity index (χ3n) is 2.97. The molecule has 1 radical (unpaired) electrons. The van der Waals surface area contributed by atoms with Crippen molar-refractivity contribution < 1.29 is 0 Å². The molecule has 1 nitrogen and oxygen atoms in total. The van der Waals surface area contributed by atoms with Crippen molar-refractivity contribution in [3.63, 3.8) is 0 Å². The Hall–Kier alpha value is -0.0400. The van der Waals surface area contributed by atoms with Crippen LogP contribution < -0.4 is 0 Å². The molecule has 0 bridgehead atoms. The van der Waals surface area contributed by atoms with Crippen LogP contribution in [-0.2, 0) is 0 Å². The molecule has 0 atom stereocenters. The first-order valence-electron chi connectivity index (χ1n) is 5.40. The molecule has 0 aliphatic heterocycles. The quantitative estimate of drug-likeness (QED) is 0.624. The molecule has 0 spiro atoms. The van der Waals surface area contributed by atoms with Crippen LogP contribution in [0.25, 0.3) is 0 Å². The van der Waals surface area contributed by atoms with Gasteiger partial charge < -0.3 is 4.90 Å². The second kappa shape index (κ2) is 5.58. The van der Waals surface area contributed by atoms with Gasteiger partial charge in [0.05, 0.1) is 0 Å². The summed E-state index contributed by atoms with van der Waals surface area (Å²) in [5.74, 6) is 0.981. The van der Waals surface area contributed by atoms with Crippen LogP contribution in [0.1, 0.15) is 39.5 Å². The molecule has 12 heavy (non-hydrogen) atoms. The Kier molecular flexibility index (Phi) is 4.67. The molecule has 1 aliphatic carbocycles. The number of hydrogen-bond donors (Lipinski definition) is 0. The zero-order valence-electron chi connectivity index (χ0n) is 8.55. The average Bonchev–Trinajstić information content (AvgIpc) is 2.16.